The Balaban J connectivity index is 2.62. The molecule has 0 radical (unpaired) electrons. The maximum absolute atomic E-state index is 11.4. The van der Waals surface area contributed by atoms with E-state index in [0.717, 1.165) is 5.56 Å². The van der Waals surface area contributed by atoms with Crippen molar-refractivity contribution < 1.29 is 9.53 Å². The second kappa shape index (κ2) is 4.14. The minimum Gasteiger partial charge on any atom is -0.478 e. The van der Waals surface area contributed by atoms with Gasteiger partial charge >= 0.3 is 0 Å². The van der Waals surface area contributed by atoms with E-state index in [2.05, 4.69) is 10.3 Å². The predicted molar refractivity (Wildman–Crippen MR) is 58.3 cm³/mol. The summed E-state index contributed by atoms with van der Waals surface area (Å²) in [4.78, 5) is 11.4. The Kier molecular flexibility index (Phi) is 2.68. The maximum atomic E-state index is 11.4. The number of aromatic nitrogens is 3. The van der Waals surface area contributed by atoms with Crippen molar-refractivity contribution >= 4 is 5.91 Å². The van der Waals surface area contributed by atoms with Gasteiger partial charge in [0.2, 0.25) is 5.91 Å². The van der Waals surface area contributed by atoms with Crippen molar-refractivity contribution in [1.29, 1.82) is 0 Å². The summed E-state index contributed by atoms with van der Waals surface area (Å²) >= 11 is 0. The Labute approximate surface area is 92.7 Å². The number of carbonyl (C=O) groups excluding carboxylic acids is 1. The molecule has 0 aliphatic heterocycles. The highest BCUT2D eigenvalue weighted by Crippen LogP contribution is 2.26. The molecule has 0 unspecified atom stereocenters. The summed E-state index contributed by atoms with van der Waals surface area (Å²) in [5.74, 6) is 0.149. The quantitative estimate of drug-likeness (QED) is 0.766. The van der Waals surface area contributed by atoms with E-state index >= 15 is 0 Å². The van der Waals surface area contributed by atoms with Gasteiger partial charge < -0.3 is 4.74 Å². The largest absolute Gasteiger partial charge is 0.478 e. The minimum atomic E-state index is -0.199. The summed E-state index contributed by atoms with van der Waals surface area (Å²) in [5, 5.41) is 7.56. The van der Waals surface area contributed by atoms with Gasteiger partial charge in [0.15, 0.2) is 0 Å². The third kappa shape index (κ3) is 1.67. The second-order valence-electron chi connectivity index (χ2n) is 3.24. The molecule has 0 bridgehead atoms. The molecule has 82 valence electrons. The van der Waals surface area contributed by atoms with Gasteiger partial charge in [0.05, 0.1) is 7.11 Å². The van der Waals surface area contributed by atoms with Crippen LogP contribution in [0.4, 0.5) is 0 Å². The Hall–Kier alpha value is -2.17. The summed E-state index contributed by atoms with van der Waals surface area (Å²) in [7, 11) is 1.50. The Morgan fingerprint density at radius 2 is 2.00 bits per heavy atom. The standard InChI is InChI=1S/C11H11N3O2/c1-8(15)14-10(11(16-2)12-13-14)9-6-4-3-5-7-9/h3-7H,1-2H3. The molecule has 1 heterocycles. The van der Waals surface area contributed by atoms with Gasteiger partial charge in [0.1, 0.15) is 5.69 Å². The molecule has 5 heteroatoms. The van der Waals surface area contributed by atoms with E-state index in [4.69, 9.17) is 4.74 Å². The highest BCUT2D eigenvalue weighted by atomic mass is 16.5. The highest BCUT2D eigenvalue weighted by molar-refractivity contribution is 5.82. The first-order chi connectivity index (χ1) is 7.74. The van der Waals surface area contributed by atoms with Crippen molar-refractivity contribution in [2.75, 3.05) is 7.11 Å². The van der Waals surface area contributed by atoms with Gasteiger partial charge in [-0.1, -0.05) is 40.6 Å². The third-order valence-electron chi connectivity index (χ3n) is 2.18. The van der Waals surface area contributed by atoms with Crippen LogP contribution < -0.4 is 4.74 Å². The molecular weight excluding hydrogens is 206 g/mol. The molecule has 1 aromatic heterocycles. The number of benzene rings is 1. The van der Waals surface area contributed by atoms with Crippen molar-refractivity contribution in [1.82, 2.24) is 15.0 Å². The fourth-order valence-corrected chi connectivity index (χ4v) is 1.47. The number of hydrogen-bond donors (Lipinski definition) is 0. The zero-order valence-electron chi connectivity index (χ0n) is 9.04. The van der Waals surface area contributed by atoms with Gasteiger partial charge in [-0.3, -0.25) is 4.79 Å². The lowest BCUT2D eigenvalue weighted by Crippen LogP contribution is -2.09. The molecule has 0 atom stereocenters. The first kappa shape index (κ1) is 10.4. The molecular formula is C11H11N3O2. The van der Waals surface area contributed by atoms with E-state index in [1.807, 2.05) is 30.3 Å². The molecule has 0 spiro atoms. The summed E-state index contributed by atoms with van der Waals surface area (Å²) in [6, 6.07) is 9.41. The van der Waals surface area contributed by atoms with Crippen LogP contribution in [0.1, 0.15) is 11.7 Å². The number of nitrogens with zero attached hydrogens (tertiary/aromatic N) is 3. The minimum absolute atomic E-state index is 0.199. The van der Waals surface area contributed by atoms with Gasteiger partial charge in [-0.15, -0.1) is 0 Å². The predicted octanol–water partition coefficient (Wildman–Crippen LogP) is 1.61. The fourth-order valence-electron chi connectivity index (χ4n) is 1.47. The van der Waals surface area contributed by atoms with Crippen LogP contribution in [0.5, 0.6) is 5.88 Å². The fraction of sp³-hybridized carbons (Fsp3) is 0.182. The molecule has 0 saturated carbocycles. The first-order valence-corrected chi connectivity index (χ1v) is 4.80. The number of hydrogen-bond acceptors (Lipinski definition) is 4. The summed E-state index contributed by atoms with van der Waals surface area (Å²) in [5.41, 5.74) is 1.43. The molecule has 0 aliphatic rings. The lowest BCUT2D eigenvalue weighted by Gasteiger charge is -2.03. The summed E-state index contributed by atoms with van der Waals surface area (Å²) < 4.78 is 6.31. The van der Waals surface area contributed by atoms with Crippen LogP contribution in [0, 0.1) is 0 Å². The lowest BCUT2D eigenvalue weighted by molar-refractivity contribution is 0.0921. The average molecular weight is 217 g/mol. The van der Waals surface area contributed by atoms with E-state index in [0.29, 0.717) is 11.6 Å². The van der Waals surface area contributed by atoms with Crippen LogP contribution in [-0.2, 0) is 0 Å². The molecule has 0 amide bonds. The molecule has 2 rings (SSSR count). The van der Waals surface area contributed by atoms with E-state index < -0.39 is 0 Å². The van der Waals surface area contributed by atoms with E-state index in [1.54, 1.807) is 0 Å². The molecule has 1 aromatic carbocycles. The first-order valence-electron chi connectivity index (χ1n) is 4.80. The van der Waals surface area contributed by atoms with Gasteiger partial charge in [0.25, 0.3) is 5.88 Å². The van der Waals surface area contributed by atoms with E-state index in [9.17, 15) is 4.79 Å². The summed E-state index contributed by atoms with van der Waals surface area (Å²) in [6.45, 7) is 1.43. The van der Waals surface area contributed by atoms with Gasteiger partial charge in [-0.05, 0) is 0 Å². The molecule has 2 aromatic rings. The third-order valence-corrected chi connectivity index (χ3v) is 2.18. The van der Waals surface area contributed by atoms with Crippen LogP contribution in [0.15, 0.2) is 30.3 Å². The molecule has 0 aliphatic carbocycles. The number of methoxy groups -OCH3 is 1. The summed E-state index contributed by atoms with van der Waals surface area (Å²) in [6.07, 6.45) is 0. The lowest BCUT2D eigenvalue weighted by atomic mass is 10.1. The van der Waals surface area contributed by atoms with Crippen LogP contribution >= 0.6 is 0 Å². The van der Waals surface area contributed by atoms with Crippen molar-refractivity contribution in [3.05, 3.63) is 30.3 Å². The smallest absolute Gasteiger partial charge is 0.261 e. The molecule has 0 N–H and O–H groups in total. The topological polar surface area (TPSA) is 57.0 Å². The van der Waals surface area contributed by atoms with Crippen LogP contribution in [0.25, 0.3) is 11.3 Å². The second-order valence-corrected chi connectivity index (χ2v) is 3.24. The van der Waals surface area contributed by atoms with Gasteiger partial charge in [-0.25, -0.2) is 0 Å². The Morgan fingerprint density at radius 1 is 1.31 bits per heavy atom. The van der Waals surface area contributed by atoms with Crippen molar-refractivity contribution in [3.63, 3.8) is 0 Å². The normalized spacial score (nSPS) is 10.1. The van der Waals surface area contributed by atoms with E-state index in [1.165, 1.54) is 18.7 Å². The Morgan fingerprint density at radius 3 is 2.56 bits per heavy atom. The van der Waals surface area contributed by atoms with Crippen molar-refractivity contribution in [2.24, 2.45) is 0 Å². The van der Waals surface area contributed by atoms with Crippen LogP contribution in [0.3, 0.4) is 0 Å². The van der Waals surface area contributed by atoms with E-state index in [-0.39, 0.29) is 5.91 Å². The number of rotatable bonds is 2. The number of ether oxygens (including phenoxy) is 1. The maximum Gasteiger partial charge on any atom is 0.261 e. The monoisotopic (exact) mass is 217 g/mol. The zero-order chi connectivity index (χ0) is 11.5. The average Bonchev–Trinajstić information content (AvgIpc) is 2.73. The molecule has 16 heavy (non-hydrogen) atoms. The Bertz CT molecular complexity index is 505. The van der Waals surface area contributed by atoms with Crippen molar-refractivity contribution in [3.8, 4) is 17.1 Å². The van der Waals surface area contributed by atoms with Gasteiger partial charge in [-0.2, -0.15) is 4.68 Å². The highest BCUT2D eigenvalue weighted by Gasteiger charge is 2.17. The zero-order valence-corrected chi connectivity index (χ0v) is 9.04. The van der Waals surface area contributed by atoms with Crippen LogP contribution in [0.2, 0.25) is 0 Å². The molecule has 0 saturated heterocycles. The SMILES string of the molecule is COc1nnn(C(C)=O)c1-c1ccccc1. The van der Waals surface area contributed by atoms with Crippen LogP contribution in [-0.4, -0.2) is 28.0 Å². The van der Waals surface area contributed by atoms with Crippen molar-refractivity contribution in [2.45, 2.75) is 6.92 Å². The van der Waals surface area contributed by atoms with Gasteiger partial charge in [0, 0.05) is 12.5 Å². The molecule has 5 nitrogen and oxygen atoms in total. The molecule has 0 fully saturated rings. The number of carbonyl (C=O) groups is 1.